The van der Waals surface area contributed by atoms with Gasteiger partial charge in [-0.25, -0.2) is 0 Å². The molecule has 1 aliphatic carbocycles. The molecule has 1 aromatic heterocycles. The molecular formula is C20H19Cl2F2NO4. The fourth-order valence-corrected chi connectivity index (χ4v) is 3.29. The number of hydrogen-bond acceptors (Lipinski definition) is 5. The first-order chi connectivity index (χ1) is 13.8. The van der Waals surface area contributed by atoms with Gasteiger partial charge in [0.1, 0.15) is 6.10 Å². The van der Waals surface area contributed by atoms with Crippen LogP contribution < -0.4 is 9.47 Å². The van der Waals surface area contributed by atoms with Crippen molar-refractivity contribution in [2.45, 2.75) is 38.9 Å². The molecule has 9 heteroatoms. The van der Waals surface area contributed by atoms with Gasteiger partial charge in [-0.3, -0.25) is 9.78 Å². The zero-order chi connectivity index (χ0) is 21.0. The normalized spacial score (nSPS) is 14.6. The molecule has 29 heavy (non-hydrogen) atoms. The van der Waals surface area contributed by atoms with Crippen molar-refractivity contribution in [1.29, 1.82) is 0 Å². The number of aromatic nitrogens is 1. The molecule has 0 spiro atoms. The third-order valence-electron chi connectivity index (χ3n) is 4.38. The molecule has 3 rings (SSSR count). The van der Waals surface area contributed by atoms with Gasteiger partial charge in [0.2, 0.25) is 0 Å². The van der Waals surface area contributed by atoms with Crippen molar-refractivity contribution >= 4 is 29.2 Å². The first-order valence-corrected chi connectivity index (χ1v) is 9.75. The van der Waals surface area contributed by atoms with Crippen molar-refractivity contribution in [2.24, 2.45) is 5.92 Å². The van der Waals surface area contributed by atoms with Gasteiger partial charge in [-0.2, -0.15) is 8.78 Å². The summed E-state index contributed by atoms with van der Waals surface area (Å²) in [6, 6.07) is 4.45. The number of carbonyl (C=O) groups excluding carboxylic acids is 1. The van der Waals surface area contributed by atoms with Gasteiger partial charge in [-0.1, -0.05) is 29.3 Å². The number of carbonyl (C=O) groups is 1. The van der Waals surface area contributed by atoms with Gasteiger partial charge in [0.25, 0.3) is 0 Å². The highest BCUT2D eigenvalue weighted by Crippen LogP contribution is 2.37. The highest BCUT2D eigenvalue weighted by molar-refractivity contribution is 6.35. The Hall–Kier alpha value is -2.12. The minimum absolute atomic E-state index is 0.0778. The van der Waals surface area contributed by atoms with E-state index >= 15 is 0 Å². The molecule has 2 aromatic rings. The van der Waals surface area contributed by atoms with Crippen LogP contribution in [0, 0.1) is 5.92 Å². The largest absolute Gasteiger partial charge is 0.489 e. The Labute approximate surface area is 176 Å². The van der Waals surface area contributed by atoms with Crippen LogP contribution in [0.2, 0.25) is 10.0 Å². The number of alkyl halides is 2. The van der Waals surface area contributed by atoms with E-state index in [1.165, 1.54) is 37.5 Å². The molecule has 5 nitrogen and oxygen atoms in total. The number of halogens is 4. The molecule has 0 unspecified atom stereocenters. The van der Waals surface area contributed by atoms with Crippen molar-refractivity contribution in [3.8, 4) is 11.5 Å². The summed E-state index contributed by atoms with van der Waals surface area (Å²) in [5, 5.41) is 0.662. The molecule has 0 bridgehead atoms. The van der Waals surface area contributed by atoms with Gasteiger partial charge in [-0.05, 0) is 42.0 Å². The van der Waals surface area contributed by atoms with E-state index in [4.69, 9.17) is 32.7 Å². The fourth-order valence-electron chi connectivity index (χ4n) is 2.77. The average Bonchev–Trinajstić information content (AvgIpc) is 3.47. The van der Waals surface area contributed by atoms with E-state index in [2.05, 4.69) is 9.72 Å². The number of esters is 1. The fraction of sp³-hybridized carbons (Fsp3) is 0.400. The lowest BCUT2D eigenvalue weighted by atomic mass is 10.0. The molecule has 0 aliphatic heterocycles. The van der Waals surface area contributed by atoms with Crippen LogP contribution in [0.5, 0.6) is 11.5 Å². The number of pyridine rings is 1. The Kier molecular flexibility index (Phi) is 7.14. The molecule has 1 heterocycles. The predicted molar refractivity (Wildman–Crippen MR) is 104 cm³/mol. The Bertz CT molecular complexity index is 857. The third kappa shape index (κ3) is 6.18. The van der Waals surface area contributed by atoms with E-state index in [-0.39, 0.29) is 17.9 Å². The maximum atomic E-state index is 12.7. The van der Waals surface area contributed by atoms with E-state index in [0.717, 1.165) is 12.8 Å². The first kappa shape index (κ1) is 21.6. The number of rotatable bonds is 9. The first-order valence-electron chi connectivity index (χ1n) is 9.00. The maximum Gasteiger partial charge on any atom is 0.387 e. The van der Waals surface area contributed by atoms with Crippen molar-refractivity contribution in [3.05, 3.63) is 51.8 Å². The Balaban J connectivity index is 1.91. The second-order valence-electron chi connectivity index (χ2n) is 6.72. The quantitative estimate of drug-likeness (QED) is 0.468. The van der Waals surface area contributed by atoms with Crippen molar-refractivity contribution < 1.29 is 27.8 Å². The summed E-state index contributed by atoms with van der Waals surface area (Å²) >= 11 is 12.4. The van der Waals surface area contributed by atoms with E-state index < -0.39 is 18.7 Å². The highest BCUT2D eigenvalue weighted by atomic mass is 35.5. The van der Waals surface area contributed by atoms with Gasteiger partial charge in [0.15, 0.2) is 11.5 Å². The van der Waals surface area contributed by atoms with Crippen LogP contribution in [-0.4, -0.2) is 24.2 Å². The van der Waals surface area contributed by atoms with Gasteiger partial charge in [0.05, 0.1) is 16.7 Å². The smallest absolute Gasteiger partial charge is 0.387 e. The Morgan fingerprint density at radius 1 is 1.21 bits per heavy atom. The molecular weight excluding hydrogens is 427 g/mol. The number of nitrogens with zero attached hydrogens (tertiary/aromatic N) is 1. The Morgan fingerprint density at radius 2 is 1.90 bits per heavy atom. The molecule has 1 aromatic carbocycles. The van der Waals surface area contributed by atoms with Crippen LogP contribution >= 0.6 is 23.2 Å². The standard InChI is InChI=1S/C20H19Cl2F2NO4/c1-11(26)28-18(7-14-15(21)8-25-9-16(14)22)13-4-5-17(29-20(23)24)19(6-13)27-10-12-2-3-12/h4-6,8-9,12,18,20H,2-3,7,10H2,1H3/t18-/m0/s1. The average molecular weight is 446 g/mol. The number of ether oxygens (including phenoxy) is 3. The van der Waals surface area contributed by atoms with Crippen molar-refractivity contribution in [2.75, 3.05) is 6.61 Å². The monoisotopic (exact) mass is 445 g/mol. The van der Waals surface area contributed by atoms with E-state index in [9.17, 15) is 13.6 Å². The molecule has 1 fully saturated rings. The second kappa shape index (κ2) is 9.59. The van der Waals surface area contributed by atoms with Crippen LogP contribution in [-0.2, 0) is 16.0 Å². The molecule has 0 radical (unpaired) electrons. The van der Waals surface area contributed by atoms with Gasteiger partial charge >= 0.3 is 12.6 Å². The van der Waals surface area contributed by atoms with Crippen LogP contribution in [0.1, 0.15) is 37.0 Å². The summed E-state index contributed by atoms with van der Waals surface area (Å²) in [5.74, 6) is -0.00821. The number of benzene rings is 1. The summed E-state index contributed by atoms with van der Waals surface area (Å²) in [6.07, 6.45) is 4.39. The Morgan fingerprint density at radius 3 is 2.48 bits per heavy atom. The third-order valence-corrected chi connectivity index (χ3v) is 5.03. The zero-order valence-corrected chi connectivity index (χ0v) is 17.1. The summed E-state index contributed by atoms with van der Waals surface area (Å²) in [5.41, 5.74) is 1.10. The minimum atomic E-state index is -2.98. The topological polar surface area (TPSA) is 57.7 Å². The van der Waals surface area contributed by atoms with E-state index in [1.807, 2.05) is 0 Å². The SMILES string of the molecule is CC(=O)O[C@@H](Cc1c(Cl)cncc1Cl)c1ccc(OC(F)F)c(OCC2CC2)c1. The summed E-state index contributed by atoms with van der Waals surface area (Å²) in [4.78, 5) is 15.6. The molecule has 0 N–H and O–H groups in total. The van der Waals surface area contributed by atoms with Crippen molar-refractivity contribution in [1.82, 2.24) is 4.98 Å². The molecule has 0 amide bonds. The highest BCUT2D eigenvalue weighted by Gasteiger charge is 2.25. The van der Waals surface area contributed by atoms with Crippen LogP contribution in [0.4, 0.5) is 8.78 Å². The van der Waals surface area contributed by atoms with Crippen LogP contribution in [0.3, 0.4) is 0 Å². The molecule has 0 saturated heterocycles. The lowest BCUT2D eigenvalue weighted by Gasteiger charge is -2.21. The van der Waals surface area contributed by atoms with E-state index in [1.54, 1.807) is 0 Å². The summed E-state index contributed by atoms with van der Waals surface area (Å²) < 4.78 is 41.2. The number of hydrogen-bond donors (Lipinski definition) is 0. The molecule has 156 valence electrons. The lowest BCUT2D eigenvalue weighted by Crippen LogP contribution is -2.13. The van der Waals surface area contributed by atoms with E-state index in [0.29, 0.717) is 33.7 Å². The predicted octanol–water partition coefficient (Wildman–Crippen LogP) is 5.63. The zero-order valence-electron chi connectivity index (χ0n) is 15.5. The lowest BCUT2D eigenvalue weighted by molar-refractivity contribution is -0.146. The summed E-state index contributed by atoms with van der Waals surface area (Å²) in [6.45, 7) is -1.30. The van der Waals surface area contributed by atoms with Gasteiger partial charge < -0.3 is 14.2 Å². The summed E-state index contributed by atoms with van der Waals surface area (Å²) in [7, 11) is 0. The van der Waals surface area contributed by atoms with Gasteiger partial charge in [0, 0.05) is 25.7 Å². The maximum absolute atomic E-state index is 12.7. The van der Waals surface area contributed by atoms with Gasteiger partial charge in [-0.15, -0.1) is 0 Å². The van der Waals surface area contributed by atoms with Crippen LogP contribution in [0.15, 0.2) is 30.6 Å². The second-order valence-corrected chi connectivity index (χ2v) is 7.54. The van der Waals surface area contributed by atoms with Crippen LogP contribution in [0.25, 0.3) is 0 Å². The van der Waals surface area contributed by atoms with Crippen molar-refractivity contribution in [3.63, 3.8) is 0 Å². The molecule has 1 atom stereocenters. The molecule has 1 aliphatic rings. The molecule has 1 saturated carbocycles. The minimum Gasteiger partial charge on any atom is -0.489 e.